The van der Waals surface area contributed by atoms with Crippen LogP contribution in [0.1, 0.15) is 37.8 Å². The minimum Gasteiger partial charge on any atom is -0.363 e. The van der Waals surface area contributed by atoms with Crippen LogP contribution in [0.4, 0.5) is 11.4 Å². The summed E-state index contributed by atoms with van der Waals surface area (Å²) in [5.41, 5.74) is 1.47. The summed E-state index contributed by atoms with van der Waals surface area (Å²) in [6, 6.07) is 4.09. The first-order valence-corrected chi connectivity index (χ1v) is 11.6. The summed E-state index contributed by atoms with van der Waals surface area (Å²) in [7, 11) is -3.86. The topological polar surface area (TPSA) is 122 Å². The summed E-state index contributed by atoms with van der Waals surface area (Å²) in [6.45, 7) is 12.3. The standard InChI is InChI=1S/C20H29N5O5S/c1-14-17(15(2)30-21-14)13-23-8-10-24(11-9-23)18-7-6-16(12-19(18)25(26)27)31(28,29)22-20(3,4)5/h6-7,12,22H,8-11,13H2,1-5H3. The van der Waals surface area contributed by atoms with Gasteiger partial charge in [0.25, 0.3) is 5.69 Å². The van der Waals surface area contributed by atoms with E-state index in [0.29, 0.717) is 38.4 Å². The van der Waals surface area contributed by atoms with Crippen LogP contribution in [0.2, 0.25) is 0 Å². The van der Waals surface area contributed by atoms with E-state index in [4.69, 9.17) is 4.52 Å². The number of hydrogen-bond donors (Lipinski definition) is 1. The molecule has 2 aromatic rings. The average Bonchev–Trinajstić information content (AvgIpc) is 2.98. The van der Waals surface area contributed by atoms with E-state index in [1.54, 1.807) is 20.8 Å². The lowest BCUT2D eigenvalue weighted by atomic mass is 10.1. The largest absolute Gasteiger partial charge is 0.363 e. The average molecular weight is 452 g/mol. The number of nitrogens with one attached hydrogen (secondary N) is 1. The Bertz CT molecular complexity index is 1050. The van der Waals surface area contributed by atoms with Crippen LogP contribution < -0.4 is 9.62 Å². The molecule has 1 aromatic heterocycles. The van der Waals surface area contributed by atoms with Gasteiger partial charge in [-0.2, -0.15) is 0 Å². The van der Waals surface area contributed by atoms with Gasteiger partial charge in [0.1, 0.15) is 11.4 Å². The van der Waals surface area contributed by atoms with E-state index in [1.807, 2.05) is 18.7 Å². The first-order valence-electron chi connectivity index (χ1n) is 10.1. The number of benzene rings is 1. The van der Waals surface area contributed by atoms with Gasteiger partial charge >= 0.3 is 0 Å². The molecule has 10 nitrogen and oxygen atoms in total. The number of nitro benzene ring substituents is 1. The summed E-state index contributed by atoms with van der Waals surface area (Å²) in [5, 5.41) is 15.7. The van der Waals surface area contributed by atoms with Crippen LogP contribution in [0, 0.1) is 24.0 Å². The van der Waals surface area contributed by atoms with Gasteiger partial charge in [0, 0.05) is 49.9 Å². The van der Waals surface area contributed by atoms with E-state index < -0.39 is 20.5 Å². The second-order valence-corrected chi connectivity index (χ2v) is 10.5. The van der Waals surface area contributed by atoms with Gasteiger partial charge in [-0.1, -0.05) is 5.16 Å². The molecule has 0 unspecified atom stereocenters. The minimum atomic E-state index is -3.86. The first-order chi connectivity index (χ1) is 14.4. The van der Waals surface area contributed by atoms with Gasteiger partial charge in [-0.25, -0.2) is 13.1 Å². The van der Waals surface area contributed by atoms with Crippen LogP contribution in [-0.4, -0.2) is 55.1 Å². The zero-order valence-corrected chi connectivity index (χ0v) is 19.3. The molecule has 1 aromatic carbocycles. The predicted octanol–water partition coefficient (Wildman–Crippen LogP) is 2.60. The van der Waals surface area contributed by atoms with Gasteiger partial charge in [0.2, 0.25) is 10.0 Å². The van der Waals surface area contributed by atoms with Gasteiger partial charge < -0.3 is 9.42 Å². The molecule has 2 heterocycles. The maximum Gasteiger partial charge on any atom is 0.293 e. The number of aryl methyl sites for hydroxylation is 2. The monoisotopic (exact) mass is 451 g/mol. The number of hydrogen-bond acceptors (Lipinski definition) is 8. The Labute approximate surface area is 182 Å². The number of sulfonamides is 1. The molecule has 11 heteroatoms. The summed E-state index contributed by atoms with van der Waals surface area (Å²) in [4.78, 5) is 15.3. The van der Waals surface area contributed by atoms with Gasteiger partial charge in [-0.05, 0) is 46.8 Å². The quantitative estimate of drug-likeness (QED) is 0.525. The summed E-state index contributed by atoms with van der Waals surface area (Å²) >= 11 is 0. The highest BCUT2D eigenvalue weighted by atomic mass is 32.2. The number of aromatic nitrogens is 1. The van der Waals surface area contributed by atoms with Crippen molar-refractivity contribution in [2.45, 2.75) is 51.6 Å². The van der Waals surface area contributed by atoms with E-state index in [-0.39, 0.29) is 10.6 Å². The zero-order chi connectivity index (χ0) is 23.0. The first kappa shape index (κ1) is 23.2. The summed E-state index contributed by atoms with van der Waals surface area (Å²) < 4.78 is 32.9. The van der Waals surface area contributed by atoms with Crippen molar-refractivity contribution < 1.29 is 17.9 Å². The van der Waals surface area contributed by atoms with Crippen LogP contribution in [0.15, 0.2) is 27.6 Å². The Hall–Kier alpha value is -2.50. The Balaban J connectivity index is 1.77. The highest BCUT2D eigenvalue weighted by Gasteiger charge is 2.29. The van der Waals surface area contributed by atoms with Crippen LogP contribution in [0.5, 0.6) is 0 Å². The molecular weight excluding hydrogens is 422 g/mol. The van der Waals surface area contributed by atoms with Crippen LogP contribution >= 0.6 is 0 Å². The number of rotatable bonds is 6. The van der Waals surface area contributed by atoms with Crippen LogP contribution in [0.3, 0.4) is 0 Å². The highest BCUT2D eigenvalue weighted by Crippen LogP contribution is 2.32. The molecule has 31 heavy (non-hydrogen) atoms. The smallest absolute Gasteiger partial charge is 0.293 e. The van der Waals surface area contributed by atoms with Crippen molar-refractivity contribution in [2.24, 2.45) is 0 Å². The Kier molecular flexibility index (Phi) is 6.40. The molecule has 1 N–H and O–H groups in total. The third-order valence-electron chi connectivity index (χ3n) is 5.17. The van der Waals surface area contributed by atoms with E-state index in [0.717, 1.165) is 23.1 Å². The lowest BCUT2D eigenvalue weighted by molar-refractivity contribution is -0.384. The molecule has 1 aliphatic heterocycles. The van der Waals surface area contributed by atoms with E-state index in [1.165, 1.54) is 12.1 Å². The molecule has 1 aliphatic rings. The van der Waals surface area contributed by atoms with Crippen molar-refractivity contribution in [2.75, 3.05) is 31.1 Å². The number of nitrogens with zero attached hydrogens (tertiary/aromatic N) is 4. The molecule has 0 bridgehead atoms. The number of piperazine rings is 1. The van der Waals surface area contributed by atoms with Crippen LogP contribution in [0.25, 0.3) is 0 Å². The molecule has 0 aliphatic carbocycles. The fourth-order valence-corrected chi connectivity index (χ4v) is 5.08. The Morgan fingerprint density at radius 3 is 2.35 bits per heavy atom. The zero-order valence-electron chi connectivity index (χ0n) is 18.5. The Morgan fingerprint density at radius 2 is 1.84 bits per heavy atom. The minimum absolute atomic E-state index is 0.116. The van der Waals surface area contributed by atoms with E-state index >= 15 is 0 Å². The van der Waals surface area contributed by atoms with Gasteiger partial charge in [-0.3, -0.25) is 15.0 Å². The van der Waals surface area contributed by atoms with Crippen molar-refractivity contribution in [3.63, 3.8) is 0 Å². The van der Waals surface area contributed by atoms with Crippen molar-refractivity contribution in [3.05, 3.63) is 45.3 Å². The molecule has 1 fully saturated rings. The maximum atomic E-state index is 12.6. The molecular formula is C20H29N5O5S. The highest BCUT2D eigenvalue weighted by molar-refractivity contribution is 7.89. The third kappa shape index (κ3) is 5.41. The van der Waals surface area contributed by atoms with E-state index in [2.05, 4.69) is 14.8 Å². The second-order valence-electron chi connectivity index (χ2n) is 8.83. The van der Waals surface area contributed by atoms with Gasteiger partial charge in [-0.15, -0.1) is 0 Å². The predicted molar refractivity (Wildman–Crippen MR) is 117 cm³/mol. The fourth-order valence-electron chi connectivity index (χ4n) is 3.64. The molecule has 0 radical (unpaired) electrons. The molecule has 0 amide bonds. The van der Waals surface area contributed by atoms with Crippen molar-refractivity contribution >= 4 is 21.4 Å². The third-order valence-corrected chi connectivity index (χ3v) is 6.93. The van der Waals surface area contributed by atoms with E-state index in [9.17, 15) is 18.5 Å². The molecule has 0 saturated carbocycles. The van der Waals surface area contributed by atoms with Crippen molar-refractivity contribution in [1.82, 2.24) is 14.8 Å². The maximum absolute atomic E-state index is 12.6. The lowest BCUT2D eigenvalue weighted by Crippen LogP contribution is -2.46. The SMILES string of the molecule is Cc1noc(C)c1CN1CCN(c2ccc(S(=O)(=O)NC(C)(C)C)cc2[N+](=O)[O-])CC1. The Morgan fingerprint density at radius 1 is 1.19 bits per heavy atom. The summed E-state index contributed by atoms with van der Waals surface area (Å²) in [6.07, 6.45) is 0. The van der Waals surface area contributed by atoms with Gasteiger partial charge in [0.05, 0.1) is 15.5 Å². The number of nitro groups is 1. The molecule has 3 rings (SSSR count). The normalized spacial score (nSPS) is 16.0. The van der Waals surface area contributed by atoms with Crippen molar-refractivity contribution in [1.29, 1.82) is 0 Å². The molecule has 170 valence electrons. The fraction of sp³-hybridized carbons (Fsp3) is 0.550. The molecule has 1 saturated heterocycles. The van der Waals surface area contributed by atoms with Gasteiger partial charge in [0.15, 0.2) is 0 Å². The number of anilines is 1. The van der Waals surface area contributed by atoms with Crippen molar-refractivity contribution in [3.8, 4) is 0 Å². The van der Waals surface area contributed by atoms with Crippen LogP contribution in [-0.2, 0) is 16.6 Å². The molecule has 0 spiro atoms. The lowest BCUT2D eigenvalue weighted by Gasteiger charge is -2.35. The second kappa shape index (κ2) is 8.56. The summed E-state index contributed by atoms with van der Waals surface area (Å²) in [5.74, 6) is 0.802. The molecule has 0 atom stereocenters.